The van der Waals surface area contributed by atoms with Gasteiger partial charge in [-0.3, -0.25) is 0 Å². The minimum absolute atomic E-state index is 0.203. The van der Waals surface area contributed by atoms with Gasteiger partial charge in [-0.05, 0) is 68.4 Å². The lowest BCUT2D eigenvalue weighted by molar-refractivity contribution is 0.255. The molecular formula is C17H28N2. The first-order valence-corrected chi connectivity index (χ1v) is 7.48. The molecule has 2 N–H and O–H groups in total. The molecule has 0 saturated carbocycles. The van der Waals surface area contributed by atoms with Crippen LogP contribution in [0.4, 0.5) is 0 Å². The molecule has 0 atom stereocenters. The summed E-state index contributed by atoms with van der Waals surface area (Å²) in [5.74, 6) is 0.757. The van der Waals surface area contributed by atoms with Crippen LogP contribution in [0.3, 0.4) is 0 Å². The Labute approximate surface area is 118 Å². The molecule has 0 radical (unpaired) electrons. The van der Waals surface area contributed by atoms with Gasteiger partial charge in [-0.1, -0.05) is 38.1 Å². The maximum atomic E-state index is 5.81. The molecule has 1 saturated heterocycles. The maximum absolute atomic E-state index is 5.81. The van der Waals surface area contributed by atoms with Gasteiger partial charge in [-0.15, -0.1) is 0 Å². The second-order valence-corrected chi connectivity index (χ2v) is 6.86. The summed E-state index contributed by atoms with van der Waals surface area (Å²) in [5.41, 5.74) is 8.94. The summed E-state index contributed by atoms with van der Waals surface area (Å²) in [6.45, 7) is 7.67. The summed E-state index contributed by atoms with van der Waals surface area (Å²) in [4.78, 5) is 2.43. The maximum Gasteiger partial charge on any atom is -0.00159 e. The van der Waals surface area contributed by atoms with Crippen molar-refractivity contribution >= 4 is 0 Å². The van der Waals surface area contributed by atoms with Gasteiger partial charge in [0.25, 0.3) is 0 Å². The molecule has 0 spiro atoms. The van der Waals surface area contributed by atoms with Crippen LogP contribution in [0.2, 0.25) is 0 Å². The molecule has 106 valence electrons. The van der Waals surface area contributed by atoms with Gasteiger partial charge in [0.1, 0.15) is 0 Å². The van der Waals surface area contributed by atoms with Crippen molar-refractivity contribution in [3.05, 3.63) is 35.4 Å². The summed E-state index contributed by atoms with van der Waals surface area (Å²) >= 11 is 0. The van der Waals surface area contributed by atoms with Gasteiger partial charge in [-0.2, -0.15) is 0 Å². The highest BCUT2D eigenvalue weighted by Crippen LogP contribution is 2.28. The molecule has 1 aromatic rings. The number of hydrogen-bond acceptors (Lipinski definition) is 2. The van der Waals surface area contributed by atoms with E-state index < -0.39 is 0 Å². The Morgan fingerprint density at radius 2 is 1.74 bits per heavy atom. The molecule has 1 heterocycles. The Morgan fingerprint density at radius 3 is 2.26 bits per heavy atom. The first-order valence-electron chi connectivity index (χ1n) is 7.48. The van der Waals surface area contributed by atoms with Crippen LogP contribution in [-0.2, 0) is 6.42 Å². The van der Waals surface area contributed by atoms with Gasteiger partial charge >= 0.3 is 0 Å². The van der Waals surface area contributed by atoms with Crippen LogP contribution in [0.5, 0.6) is 0 Å². The highest BCUT2D eigenvalue weighted by molar-refractivity contribution is 5.26. The summed E-state index contributed by atoms with van der Waals surface area (Å²) in [6.07, 6.45) is 3.66. The third kappa shape index (κ3) is 4.05. The minimum atomic E-state index is 0.203. The lowest BCUT2D eigenvalue weighted by Crippen LogP contribution is -2.29. The number of piperidine rings is 1. The van der Waals surface area contributed by atoms with E-state index in [0.717, 1.165) is 18.9 Å². The van der Waals surface area contributed by atoms with Crippen LogP contribution < -0.4 is 5.73 Å². The Bertz CT molecular complexity index is 386. The zero-order chi connectivity index (χ0) is 13.9. The highest BCUT2D eigenvalue weighted by atomic mass is 15.1. The van der Waals surface area contributed by atoms with E-state index in [1.165, 1.54) is 37.1 Å². The van der Waals surface area contributed by atoms with Crippen molar-refractivity contribution in [3.8, 4) is 0 Å². The molecule has 0 aromatic heterocycles. The average molecular weight is 260 g/mol. The lowest BCUT2D eigenvalue weighted by Gasteiger charge is -2.29. The van der Waals surface area contributed by atoms with Crippen LogP contribution in [0.1, 0.15) is 43.7 Å². The standard InChI is InChI=1S/C17H28N2/c1-17(2,13-18)12-14-4-6-15(7-5-14)16-8-10-19(3)11-9-16/h4-7,16H,8-13,18H2,1-3H3. The fourth-order valence-corrected chi connectivity index (χ4v) is 2.87. The van der Waals surface area contributed by atoms with E-state index in [4.69, 9.17) is 5.73 Å². The Hall–Kier alpha value is -0.860. The number of rotatable bonds is 4. The number of likely N-dealkylation sites (tertiary alicyclic amines) is 1. The zero-order valence-corrected chi connectivity index (χ0v) is 12.7. The Balaban J connectivity index is 1.98. The van der Waals surface area contributed by atoms with E-state index in [0.29, 0.717) is 0 Å². The molecule has 19 heavy (non-hydrogen) atoms. The number of nitrogens with two attached hydrogens (primary N) is 1. The number of nitrogens with zero attached hydrogens (tertiary/aromatic N) is 1. The van der Waals surface area contributed by atoms with Crippen LogP contribution in [-0.4, -0.2) is 31.6 Å². The Morgan fingerprint density at radius 1 is 1.16 bits per heavy atom. The second kappa shape index (κ2) is 6.06. The van der Waals surface area contributed by atoms with Crippen molar-refractivity contribution in [3.63, 3.8) is 0 Å². The fraction of sp³-hybridized carbons (Fsp3) is 0.647. The quantitative estimate of drug-likeness (QED) is 0.901. The van der Waals surface area contributed by atoms with E-state index >= 15 is 0 Å². The summed E-state index contributed by atoms with van der Waals surface area (Å²) < 4.78 is 0. The molecule has 2 heteroatoms. The third-order valence-corrected chi connectivity index (χ3v) is 4.40. The smallest absolute Gasteiger partial charge is 0.00159 e. The summed E-state index contributed by atoms with van der Waals surface area (Å²) in [7, 11) is 2.22. The van der Waals surface area contributed by atoms with Gasteiger partial charge < -0.3 is 10.6 Å². The van der Waals surface area contributed by atoms with Gasteiger partial charge in [-0.25, -0.2) is 0 Å². The lowest BCUT2D eigenvalue weighted by atomic mass is 9.84. The fourth-order valence-electron chi connectivity index (χ4n) is 2.87. The van der Waals surface area contributed by atoms with Crippen molar-refractivity contribution in [1.82, 2.24) is 4.90 Å². The van der Waals surface area contributed by atoms with Gasteiger partial charge in [0.05, 0.1) is 0 Å². The third-order valence-electron chi connectivity index (χ3n) is 4.40. The molecule has 0 bridgehead atoms. The summed E-state index contributed by atoms with van der Waals surface area (Å²) in [6, 6.07) is 9.26. The molecule has 0 unspecified atom stereocenters. The largest absolute Gasteiger partial charge is 0.330 e. The van der Waals surface area contributed by atoms with Crippen molar-refractivity contribution in [2.45, 2.75) is 39.0 Å². The van der Waals surface area contributed by atoms with Crippen LogP contribution in [0.15, 0.2) is 24.3 Å². The normalized spacial score (nSPS) is 18.7. The average Bonchev–Trinajstić information content (AvgIpc) is 2.40. The molecule has 0 aliphatic carbocycles. The van der Waals surface area contributed by atoms with Crippen LogP contribution in [0.25, 0.3) is 0 Å². The second-order valence-electron chi connectivity index (χ2n) is 6.86. The zero-order valence-electron chi connectivity index (χ0n) is 12.7. The van der Waals surface area contributed by atoms with Crippen molar-refractivity contribution in [2.24, 2.45) is 11.1 Å². The topological polar surface area (TPSA) is 29.3 Å². The molecule has 2 nitrogen and oxygen atoms in total. The predicted molar refractivity (Wildman–Crippen MR) is 82.5 cm³/mol. The van der Waals surface area contributed by atoms with E-state index in [-0.39, 0.29) is 5.41 Å². The van der Waals surface area contributed by atoms with Crippen molar-refractivity contribution in [1.29, 1.82) is 0 Å². The molecular weight excluding hydrogens is 232 g/mol. The van der Waals surface area contributed by atoms with E-state index in [1.54, 1.807) is 0 Å². The first kappa shape index (κ1) is 14.5. The molecule has 2 rings (SSSR count). The van der Waals surface area contributed by atoms with E-state index in [9.17, 15) is 0 Å². The van der Waals surface area contributed by atoms with Crippen LogP contribution in [0, 0.1) is 5.41 Å². The molecule has 1 aliphatic rings. The molecule has 1 aromatic carbocycles. The molecule has 1 aliphatic heterocycles. The van der Waals surface area contributed by atoms with E-state index in [1.807, 2.05) is 0 Å². The molecule has 1 fully saturated rings. The van der Waals surface area contributed by atoms with Gasteiger partial charge in [0.2, 0.25) is 0 Å². The first-order chi connectivity index (χ1) is 9.00. The number of benzene rings is 1. The van der Waals surface area contributed by atoms with Crippen molar-refractivity contribution < 1.29 is 0 Å². The van der Waals surface area contributed by atoms with Crippen LogP contribution >= 0.6 is 0 Å². The SMILES string of the molecule is CN1CCC(c2ccc(CC(C)(C)CN)cc2)CC1. The Kier molecular flexibility index (Phi) is 4.64. The van der Waals surface area contributed by atoms with E-state index in [2.05, 4.69) is 50.1 Å². The predicted octanol–water partition coefficient (Wildman–Crippen LogP) is 3.02. The highest BCUT2D eigenvalue weighted by Gasteiger charge is 2.19. The minimum Gasteiger partial charge on any atom is -0.330 e. The molecule has 0 amide bonds. The van der Waals surface area contributed by atoms with Crippen molar-refractivity contribution in [2.75, 3.05) is 26.7 Å². The number of hydrogen-bond donors (Lipinski definition) is 1. The summed E-state index contributed by atoms with van der Waals surface area (Å²) in [5, 5.41) is 0. The van der Waals surface area contributed by atoms with Gasteiger partial charge in [0, 0.05) is 0 Å². The monoisotopic (exact) mass is 260 g/mol. The van der Waals surface area contributed by atoms with Gasteiger partial charge in [0.15, 0.2) is 0 Å².